The van der Waals surface area contributed by atoms with Crippen LogP contribution in [0.4, 0.5) is 22.7 Å². The normalized spacial score (nSPS) is 12.3. The number of halogens is 3. The van der Waals surface area contributed by atoms with E-state index in [4.69, 9.17) is 31.6 Å². The summed E-state index contributed by atoms with van der Waals surface area (Å²) in [5, 5.41) is 0.564. The van der Waals surface area contributed by atoms with Crippen LogP contribution in [0.25, 0.3) is 0 Å². The van der Waals surface area contributed by atoms with E-state index in [-0.39, 0.29) is 42.2 Å². The molecule has 7 rings (SSSR count). The van der Waals surface area contributed by atoms with Gasteiger partial charge in [-0.25, -0.2) is 20.0 Å². The van der Waals surface area contributed by atoms with Crippen LogP contribution in [0.5, 0.6) is 0 Å². The standard InChI is InChI=1S/C40H27ClN4.2ClH.Cr/c41-32-25-26-35-36(27-32)45-40(31-21-11-4-12-22-31)39(30-19-9-3-10-20-30)43-34-24-14-13-23-33(34)42-37(28-15-5-1-6-16-28)38(44-35)29-17-7-2-8-18-29;;;/h1-27H;2*1H;/q;;;+3/p-1. The molecule has 0 bridgehead atoms. The third-order valence-electron chi connectivity index (χ3n) is 7.39. The molecule has 0 aromatic heterocycles. The van der Waals surface area contributed by atoms with Crippen molar-refractivity contribution in [1.82, 2.24) is 0 Å². The van der Waals surface area contributed by atoms with E-state index in [1.165, 1.54) is 0 Å². The van der Waals surface area contributed by atoms with Crippen molar-refractivity contribution >= 4 is 69.6 Å². The largest absolute Gasteiger partial charge is 3.00 e. The fraction of sp³-hybridized carbons (Fsp3) is 0. The number of rotatable bonds is 4. The monoisotopic (exact) mass is 721 g/mol. The quantitative estimate of drug-likeness (QED) is 0.177. The van der Waals surface area contributed by atoms with Crippen molar-refractivity contribution in [3.63, 3.8) is 0 Å². The summed E-state index contributed by atoms with van der Waals surface area (Å²) in [5.41, 5.74) is 9.27. The first-order valence-electron chi connectivity index (χ1n) is 14.7. The van der Waals surface area contributed by atoms with Crippen molar-refractivity contribution in [2.75, 3.05) is 0 Å². The van der Waals surface area contributed by atoms with Crippen LogP contribution in [-0.4, -0.2) is 22.8 Å². The number of hydrogen-bond acceptors (Lipinski definition) is 4. The van der Waals surface area contributed by atoms with E-state index < -0.39 is 0 Å². The van der Waals surface area contributed by atoms with Gasteiger partial charge >= 0.3 is 17.4 Å². The summed E-state index contributed by atoms with van der Waals surface area (Å²) in [6.07, 6.45) is 0. The van der Waals surface area contributed by atoms with E-state index in [0.29, 0.717) is 39.2 Å². The molecular weight excluding hydrogens is 695 g/mol. The van der Waals surface area contributed by atoms with Gasteiger partial charge in [0.15, 0.2) is 0 Å². The molecule has 48 heavy (non-hydrogen) atoms. The van der Waals surface area contributed by atoms with Gasteiger partial charge in [-0.1, -0.05) is 145 Å². The third-order valence-corrected chi connectivity index (χ3v) is 7.62. The molecule has 1 aliphatic rings. The van der Waals surface area contributed by atoms with E-state index in [2.05, 4.69) is 36.4 Å². The van der Waals surface area contributed by atoms with E-state index in [1.54, 1.807) is 0 Å². The number of hydrogen-bond donors (Lipinski definition) is 0. The molecule has 0 atom stereocenters. The smallest absolute Gasteiger partial charge is 1.00 e. The summed E-state index contributed by atoms with van der Waals surface area (Å²) in [6, 6.07) is 54.0. The van der Waals surface area contributed by atoms with Crippen LogP contribution in [0.3, 0.4) is 0 Å². The minimum absolute atomic E-state index is 0. The van der Waals surface area contributed by atoms with Gasteiger partial charge in [-0.05, 0) is 30.3 Å². The molecule has 4 nitrogen and oxygen atoms in total. The van der Waals surface area contributed by atoms with Gasteiger partial charge in [0.05, 0.1) is 45.6 Å². The second kappa shape index (κ2) is 17.0. The molecule has 1 radical (unpaired) electrons. The van der Waals surface area contributed by atoms with Gasteiger partial charge < -0.3 is 12.4 Å². The zero-order valence-electron chi connectivity index (χ0n) is 25.4. The summed E-state index contributed by atoms with van der Waals surface area (Å²) >= 11 is 6.62. The predicted octanol–water partition coefficient (Wildman–Crippen LogP) is 7.96. The maximum Gasteiger partial charge on any atom is 3.00 e. The summed E-state index contributed by atoms with van der Waals surface area (Å²) in [4.78, 5) is 21.3. The fourth-order valence-electron chi connectivity index (χ4n) is 5.22. The Balaban J connectivity index is 0.00000173. The number of para-hydroxylation sites is 2. The molecule has 0 saturated heterocycles. The van der Waals surface area contributed by atoms with Crippen LogP contribution in [0.15, 0.2) is 184 Å². The summed E-state index contributed by atoms with van der Waals surface area (Å²) < 4.78 is 0. The van der Waals surface area contributed by atoms with Crippen LogP contribution in [0.1, 0.15) is 22.3 Å². The molecule has 0 saturated carbocycles. The minimum Gasteiger partial charge on any atom is -1.00 e. The van der Waals surface area contributed by atoms with Crippen LogP contribution in [-0.2, 0) is 17.4 Å². The fourth-order valence-corrected chi connectivity index (χ4v) is 5.38. The maximum atomic E-state index is 6.62. The van der Waals surface area contributed by atoms with Crippen molar-refractivity contribution in [3.05, 3.63) is 191 Å². The molecule has 1 heterocycles. The van der Waals surface area contributed by atoms with Crippen LogP contribution in [0.2, 0.25) is 5.02 Å². The Kier molecular flexibility index (Phi) is 12.8. The molecule has 0 unspecified atom stereocenters. The molecule has 1 aliphatic heterocycles. The zero-order chi connectivity index (χ0) is 30.4. The van der Waals surface area contributed by atoms with Gasteiger partial charge in [-0.2, -0.15) is 0 Å². The Labute approximate surface area is 308 Å². The Morgan fingerprint density at radius 1 is 0.333 bits per heavy atom. The average molecular weight is 723 g/mol. The first-order chi connectivity index (χ1) is 22.2. The summed E-state index contributed by atoms with van der Waals surface area (Å²) in [7, 11) is 0. The SMILES string of the molecule is Cl.Clc1ccc2c(c1)N=C(c1ccccc1)C(c1ccccc1)=Nc1ccccc1N=C(c1ccccc1)C(c1ccccc1)=N2.[Cl-].[Cr+3]. The Bertz CT molecular complexity index is 2100. The van der Waals surface area contributed by atoms with Gasteiger partial charge in [0, 0.05) is 27.3 Å². The van der Waals surface area contributed by atoms with Crippen molar-refractivity contribution in [1.29, 1.82) is 0 Å². The second-order valence-corrected chi connectivity index (χ2v) is 10.9. The number of benzene rings is 6. The van der Waals surface area contributed by atoms with E-state index in [1.807, 2.05) is 127 Å². The van der Waals surface area contributed by atoms with Crippen LogP contribution < -0.4 is 12.4 Å². The first-order valence-corrected chi connectivity index (χ1v) is 15.1. The van der Waals surface area contributed by atoms with Gasteiger partial charge in [0.25, 0.3) is 0 Å². The summed E-state index contributed by atoms with van der Waals surface area (Å²) in [6.45, 7) is 0. The van der Waals surface area contributed by atoms with Crippen molar-refractivity contribution in [2.24, 2.45) is 20.0 Å². The molecular formula is C40H28Cl3CrN4+2. The molecule has 0 N–H and O–H groups in total. The van der Waals surface area contributed by atoms with Gasteiger partial charge in [0.1, 0.15) is 0 Å². The predicted molar refractivity (Wildman–Crippen MR) is 196 cm³/mol. The number of nitrogens with zero attached hydrogens (tertiary/aromatic N) is 4. The zero-order valence-corrected chi connectivity index (χ0v) is 29.1. The molecule has 6 aromatic rings. The van der Waals surface area contributed by atoms with E-state index >= 15 is 0 Å². The molecule has 233 valence electrons. The van der Waals surface area contributed by atoms with Gasteiger partial charge in [0.2, 0.25) is 0 Å². The molecule has 0 fully saturated rings. The van der Waals surface area contributed by atoms with Crippen molar-refractivity contribution < 1.29 is 29.8 Å². The Morgan fingerprint density at radius 2 is 0.604 bits per heavy atom. The molecule has 0 aliphatic carbocycles. The van der Waals surface area contributed by atoms with Crippen LogP contribution >= 0.6 is 24.0 Å². The Hall–Kier alpha value is -4.60. The van der Waals surface area contributed by atoms with E-state index in [9.17, 15) is 0 Å². The van der Waals surface area contributed by atoms with Crippen LogP contribution in [0, 0.1) is 0 Å². The average Bonchev–Trinajstić information content (AvgIpc) is 3.10. The maximum absolute atomic E-state index is 6.62. The summed E-state index contributed by atoms with van der Waals surface area (Å²) in [5.74, 6) is 0. The second-order valence-electron chi connectivity index (χ2n) is 10.4. The Morgan fingerprint density at radius 3 is 0.938 bits per heavy atom. The molecule has 0 amide bonds. The van der Waals surface area contributed by atoms with Gasteiger partial charge in [-0.3, -0.25) is 0 Å². The van der Waals surface area contributed by atoms with E-state index in [0.717, 1.165) is 33.7 Å². The first kappa shape index (κ1) is 36.2. The van der Waals surface area contributed by atoms with Crippen molar-refractivity contribution in [3.8, 4) is 0 Å². The topological polar surface area (TPSA) is 49.4 Å². The van der Waals surface area contributed by atoms with Crippen molar-refractivity contribution in [2.45, 2.75) is 0 Å². The third kappa shape index (κ3) is 8.09. The number of fused-ring (bicyclic) bond motifs is 2. The molecule has 0 spiro atoms. The minimum atomic E-state index is 0. The number of aliphatic imine (C=N–C) groups is 4. The van der Waals surface area contributed by atoms with Gasteiger partial charge in [-0.15, -0.1) is 12.4 Å². The molecule has 6 aromatic carbocycles. The molecule has 8 heteroatoms.